The average molecular weight is 381 g/mol. The number of anilines is 1. The van der Waals surface area contributed by atoms with E-state index in [2.05, 4.69) is 15.3 Å². The Labute approximate surface area is 158 Å². The molecular formula is C21H14F3N3O. The molecular weight excluding hydrogens is 367 g/mol. The Morgan fingerprint density at radius 1 is 0.964 bits per heavy atom. The normalized spacial score (nSPS) is 11.0. The Hall–Kier alpha value is -3.61. The fourth-order valence-corrected chi connectivity index (χ4v) is 2.92. The van der Waals surface area contributed by atoms with Crippen molar-refractivity contribution in [2.45, 2.75) is 6.42 Å². The van der Waals surface area contributed by atoms with Crippen LogP contribution in [0.5, 0.6) is 0 Å². The summed E-state index contributed by atoms with van der Waals surface area (Å²) in [5, 5.41) is 2.53. The van der Waals surface area contributed by atoms with Crippen molar-refractivity contribution in [3.63, 3.8) is 0 Å². The van der Waals surface area contributed by atoms with Gasteiger partial charge in [0.1, 0.15) is 11.6 Å². The monoisotopic (exact) mass is 381 g/mol. The van der Waals surface area contributed by atoms with Gasteiger partial charge in [0, 0.05) is 12.1 Å². The number of carbonyl (C=O) groups is 1. The molecule has 0 spiro atoms. The third-order valence-electron chi connectivity index (χ3n) is 4.30. The van der Waals surface area contributed by atoms with Crippen LogP contribution in [0.2, 0.25) is 0 Å². The molecule has 3 aromatic carbocycles. The molecule has 4 aromatic rings. The van der Waals surface area contributed by atoms with Gasteiger partial charge in [0.15, 0.2) is 11.6 Å². The standard InChI is InChI=1S/C21H14F3N3O/c22-15-6-2-1-4-12(15)10-19-26-17-9-8-13(11-18(17)27-19)25-21(28)14-5-3-7-16(23)20(14)24/h1-9,11H,10H2,(H,25,28)(H,26,27). The number of H-pyrrole nitrogens is 1. The molecule has 0 aliphatic carbocycles. The van der Waals surface area contributed by atoms with E-state index in [1.165, 1.54) is 18.2 Å². The first kappa shape index (κ1) is 17.8. The summed E-state index contributed by atoms with van der Waals surface area (Å²) >= 11 is 0. The number of fused-ring (bicyclic) bond motifs is 1. The maximum Gasteiger partial charge on any atom is 0.258 e. The number of aromatic amines is 1. The minimum absolute atomic E-state index is 0.289. The van der Waals surface area contributed by atoms with Crippen molar-refractivity contribution in [1.82, 2.24) is 9.97 Å². The second kappa shape index (κ2) is 7.19. The molecule has 0 saturated carbocycles. The van der Waals surface area contributed by atoms with E-state index in [1.807, 2.05) is 0 Å². The first-order valence-corrected chi connectivity index (χ1v) is 8.48. The van der Waals surface area contributed by atoms with Crippen LogP contribution in [0.15, 0.2) is 60.7 Å². The lowest BCUT2D eigenvalue weighted by molar-refractivity contribution is 0.102. The van der Waals surface area contributed by atoms with E-state index >= 15 is 0 Å². The van der Waals surface area contributed by atoms with Crippen molar-refractivity contribution < 1.29 is 18.0 Å². The lowest BCUT2D eigenvalue weighted by atomic mass is 10.1. The molecule has 1 aromatic heterocycles. The summed E-state index contributed by atoms with van der Waals surface area (Å²) in [6.45, 7) is 0. The third kappa shape index (κ3) is 3.46. The molecule has 4 nitrogen and oxygen atoms in total. The van der Waals surface area contributed by atoms with Gasteiger partial charge in [-0.3, -0.25) is 4.79 Å². The molecule has 0 aliphatic heterocycles. The summed E-state index contributed by atoms with van der Waals surface area (Å²) in [6.07, 6.45) is 0.289. The zero-order chi connectivity index (χ0) is 19.7. The highest BCUT2D eigenvalue weighted by Crippen LogP contribution is 2.21. The van der Waals surface area contributed by atoms with Gasteiger partial charge in [0.05, 0.1) is 16.6 Å². The lowest BCUT2D eigenvalue weighted by Crippen LogP contribution is -2.14. The Morgan fingerprint density at radius 2 is 1.75 bits per heavy atom. The molecule has 4 rings (SSSR count). The molecule has 2 N–H and O–H groups in total. The molecule has 7 heteroatoms. The maximum absolute atomic E-state index is 13.8. The second-order valence-electron chi connectivity index (χ2n) is 6.24. The molecule has 0 radical (unpaired) electrons. The highest BCUT2D eigenvalue weighted by Gasteiger charge is 2.15. The zero-order valence-corrected chi connectivity index (χ0v) is 14.5. The number of aromatic nitrogens is 2. The van der Waals surface area contributed by atoms with Crippen LogP contribution in [-0.4, -0.2) is 15.9 Å². The smallest absolute Gasteiger partial charge is 0.258 e. The van der Waals surface area contributed by atoms with Gasteiger partial charge in [-0.1, -0.05) is 24.3 Å². The van der Waals surface area contributed by atoms with Gasteiger partial charge >= 0.3 is 0 Å². The van der Waals surface area contributed by atoms with Crippen LogP contribution in [-0.2, 0) is 6.42 Å². The summed E-state index contributed by atoms with van der Waals surface area (Å²) in [6, 6.07) is 14.8. The number of hydrogen-bond acceptors (Lipinski definition) is 2. The molecule has 0 unspecified atom stereocenters. The van der Waals surface area contributed by atoms with Crippen LogP contribution in [0.3, 0.4) is 0 Å². The summed E-state index contributed by atoms with van der Waals surface area (Å²) in [5.41, 5.74) is 1.79. The number of carbonyl (C=O) groups excluding carboxylic acids is 1. The summed E-state index contributed by atoms with van der Waals surface area (Å²) in [4.78, 5) is 19.7. The van der Waals surface area contributed by atoms with Crippen molar-refractivity contribution in [3.05, 3.63) is 95.1 Å². The summed E-state index contributed by atoms with van der Waals surface area (Å²) in [5.74, 6) is -2.79. The average Bonchev–Trinajstić information content (AvgIpc) is 3.07. The minimum atomic E-state index is -1.20. The quantitative estimate of drug-likeness (QED) is 0.532. The van der Waals surface area contributed by atoms with Crippen molar-refractivity contribution in [2.75, 3.05) is 5.32 Å². The van der Waals surface area contributed by atoms with Crippen LogP contribution in [0.1, 0.15) is 21.7 Å². The number of amides is 1. The van der Waals surface area contributed by atoms with Crippen molar-refractivity contribution >= 4 is 22.6 Å². The van der Waals surface area contributed by atoms with Crippen molar-refractivity contribution in [2.24, 2.45) is 0 Å². The largest absolute Gasteiger partial charge is 0.342 e. The molecule has 0 atom stereocenters. The molecule has 1 amide bonds. The number of imidazole rings is 1. The highest BCUT2D eigenvalue weighted by molar-refractivity contribution is 6.05. The fourth-order valence-electron chi connectivity index (χ4n) is 2.92. The van der Waals surface area contributed by atoms with Crippen LogP contribution >= 0.6 is 0 Å². The van der Waals surface area contributed by atoms with Crippen LogP contribution in [0, 0.1) is 17.5 Å². The van der Waals surface area contributed by atoms with Crippen LogP contribution in [0.4, 0.5) is 18.9 Å². The molecule has 0 aliphatic rings. The molecule has 28 heavy (non-hydrogen) atoms. The molecule has 0 bridgehead atoms. The van der Waals surface area contributed by atoms with E-state index in [1.54, 1.807) is 36.4 Å². The lowest BCUT2D eigenvalue weighted by Gasteiger charge is -2.06. The Kier molecular flexibility index (Phi) is 4.57. The van der Waals surface area contributed by atoms with Crippen LogP contribution < -0.4 is 5.32 Å². The van der Waals surface area contributed by atoms with E-state index in [0.717, 1.165) is 6.07 Å². The molecule has 1 heterocycles. The van der Waals surface area contributed by atoms with Gasteiger partial charge in [-0.2, -0.15) is 0 Å². The zero-order valence-electron chi connectivity index (χ0n) is 14.5. The van der Waals surface area contributed by atoms with Gasteiger partial charge < -0.3 is 10.3 Å². The minimum Gasteiger partial charge on any atom is -0.342 e. The third-order valence-corrected chi connectivity index (χ3v) is 4.30. The maximum atomic E-state index is 13.8. The number of benzene rings is 3. The fraction of sp³-hybridized carbons (Fsp3) is 0.0476. The Morgan fingerprint density at radius 3 is 2.57 bits per heavy atom. The Balaban J connectivity index is 1.57. The van der Waals surface area contributed by atoms with E-state index in [9.17, 15) is 18.0 Å². The van der Waals surface area contributed by atoms with Gasteiger partial charge in [0.25, 0.3) is 5.91 Å². The SMILES string of the molecule is O=C(Nc1ccc2nc(Cc3ccccc3F)[nH]c2c1)c1cccc(F)c1F. The van der Waals surface area contributed by atoms with Gasteiger partial charge in [-0.25, -0.2) is 18.2 Å². The number of halogens is 3. The van der Waals surface area contributed by atoms with Gasteiger partial charge in [-0.05, 0) is 42.0 Å². The highest BCUT2D eigenvalue weighted by atomic mass is 19.2. The summed E-state index contributed by atoms with van der Waals surface area (Å²) < 4.78 is 40.9. The van der Waals surface area contributed by atoms with Gasteiger partial charge in [-0.15, -0.1) is 0 Å². The predicted molar refractivity (Wildman–Crippen MR) is 99.6 cm³/mol. The van der Waals surface area contributed by atoms with Crippen LogP contribution in [0.25, 0.3) is 11.0 Å². The van der Waals surface area contributed by atoms with E-state index in [4.69, 9.17) is 0 Å². The second-order valence-corrected chi connectivity index (χ2v) is 6.24. The number of nitrogens with one attached hydrogen (secondary N) is 2. The van der Waals surface area contributed by atoms with E-state index in [-0.39, 0.29) is 17.8 Å². The topological polar surface area (TPSA) is 57.8 Å². The number of rotatable bonds is 4. The predicted octanol–water partition coefficient (Wildman–Crippen LogP) is 4.82. The summed E-state index contributed by atoms with van der Waals surface area (Å²) in [7, 11) is 0. The van der Waals surface area contributed by atoms with Gasteiger partial charge in [0.2, 0.25) is 0 Å². The molecule has 0 saturated heterocycles. The first-order valence-electron chi connectivity index (χ1n) is 8.48. The molecule has 140 valence electrons. The number of hydrogen-bond donors (Lipinski definition) is 2. The molecule has 0 fully saturated rings. The number of nitrogens with zero attached hydrogens (tertiary/aromatic N) is 1. The van der Waals surface area contributed by atoms with Crippen molar-refractivity contribution in [3.8, 4) is 0 Å². The van der Waals surface area contributed by atoms with E-state index in [0.29, 0.717) is 28.1 Å². The Bertz CT molecular complexity index is 1190. The van der Waals surface area contributed by atoms with E-state index < -0.39 is 17.5 Å². The first-order chi connectivity index (χ1) is 13.5. The van der Waals surface area contributed by atoms with Crippen molar-refractivity contribution in [1.29, 1.82) is 0 Å².